The summed E-state index contributed by atoms with van der Waals surface area (Å²) >= 11 is 0. The molecular formula is C46H52N2O4. The number of unbranched alkanes of at least 4 members (excludes halogenated alkanes) is 6. The van der Waals surface area contributed by atoms with Gasteiger partial charge in [-0.1, -0.05) is 60.7 Å². The van der Waals surface area contributed by atoms with Crippen LogP contribution in [0.5, 0.6) is 23.0 Å². The lowest BCUT2D eigenvalue weighted by Crippen LogP contribution is -2.04. The van der Waals surface area contributed by atoms with E-state index in [0.29, 0.717) is 26.4 Å². The average Bonchev–Trinajstić information content (AvgIpc) is 3.17. The fourth-order valence-corrected chi connectivity index (χ4v) is 6.03. The molecule has 5 rings (SSSR count). The molecule has 2 heterocycles. The minimum absolute atomic E-state index is 0.509. The quantitative estimate of drug-likeness (QED) is 0.0363. The Bertz CT molecular complexity index is 1910. The van der Waals surface area contributed by atoms with Crippen molar-refractivity contribution < 1.29 is 18.9 Å². The summed E-state index contributed by atoms with van der Waals surface area (Å²) < 4.78 is 25.4. The largest absolute Gasteiger partial charge is 0.493 e. The van der Waals surface area contributed by atoms with E-state index < -0.39 is 0 Å². The Morgan fingerprint density at radius 2 is 0.750 bits per heavy atom. The predicted molar refractivity (Wildman–Crippen MR) is 217 cm³/mol. The van der Waals surface area contributed by atoms with E-state index in [1.807, 2.05) is 72.8 Å². The van der Waals surface area contributed by atoms with Crippen molar-refractivity contribution in [1.29, 1.82) is 0 Å². The molecule has 0 aliphatic rings. The van der Waals surface area contributed by atoms with Crippen LogP contribution in [0.15, 0.2) is 123 Å². The van der Waals surface area contributed by atoms with Gasteiger partial charge in [-0.2, -0.15) is 0 Å². The molecule has 0 fully saturated rings. The van der Waals surface area contributed by atoms with Gasteiger partial charge in [-0.15, -0.1) is 26.3 Å². The molecule has 270 valence electrons. The zero-order valence-corrected chi connectivity index (χ0v) is 30.5. The molecule has 2 aromatic heterocycles. The van der Waals surface area contributed by atoms with E-state index >= 15 is 0 Å². The third-order valence-electron chi connectivity index (χ3n) is 8.77. The first-order valence-corrected chi connectivity index (χ1v) is 18.6. The van der Waals surface area contributed by atoms with E-state index in [-0.39, 0.29) is 0 Å². The van der Waals surface area contributed by atoms with Gasteiger partial charge in [0.05, 0.1) is 60.0 Å². The highest BCUT2D eigenvalue weighted by Crippen LogP contribution is 2.41. The molecule has 0 bridgehead atoms. The fraction of sp³-hybridized carbons (Fsp3) is 0.304. The molecule has 0 atom stereocenters. The van der Waals surface area contributed by atoms with Gasteiger partial charge in [0.15, 0.2) is 0 Å². The van der Waals surface area contributed by atoms with Crippen LogP contribution in [0.3, 0.4) is 0 Å². The molecule has 0 amide bonds. The van der Waals surface area contributed by atoms with Gasteiger partial charge in [0, 0.05) is 10.8 Å². The molecule has 0 unspecified atom stereocenters. The van der Waals surface area contributed by atoms with Crippen LogP contribution >= 0.6 is 0 Å². The third-order valence-corrected chi connectivity index (χ3v) is 8.77. The average molecular weight is 697 g/mol. The van der Waals surface area contributed by atoms with Gasteiger partial charge in [-0.25, -0.2) is 9.97 Å². The maximum Gasteiger partial charge on any atom is 0.132 e. The monoisotopic (exact) mass is 696 g/mol. The molecule has 3 aromatic carbocycles. The number of nitrogens with zero attached hydrogens (tertiary/aromatic N) is 2. The smallest absolute Gasteiger partial charge is 0.132 e. The molecule has 0 radical (unpaired) electrons. The van der Waals surface area contributed by atoms with Gasteiger partial charge in [0.1, 0.15) is 23.0 Å². The van der Waals surface area contributed by atoms with Gasteiger partial charge in [0.2, 0.25) is 0 Å². The minimum Gasteiger partial charge on any atom is -0.493 e. The number of ether oxygens (including phenoxy) is 4. The van der Waals surface area contributed by atoms with Crippen LogP contribution < -0.4 is 18.9 Å². The molecule has 0 aliphatic carbocycles. The summed E-state index contributed by atoms with van der Waals surface area (Å²) in [5.41, 5.74) is 4.79. The number of fused-ring (bicyclic) bond motifs is 3. The predicted octanol–water partition coefficient (Wildman–Crippen LogP) is 12.3. The lowest BCUT2D eigenvalue weighted by Gasteiger charge is -2.17. The molecule has 52 heavy (non-hydrogen) atoms. The Kier molecular flexibility index (Phi) is 14.9. The number of pyridine rings is 2. The van der Waals surface area contributed by atoms with Crippen molar-refractivity contribution in [3.63, 3.8) is 0 Å². The Morgan fingerprint density at radius 3 is 1.12 bits per heavy atom. The number of hydrogen-bond donors (Lipinski definition) is 0. The number of benzene rings is 3. The molecule has 6 nitrogen and oxygen atoms in total. The summed E-state index contributed by atoms with van der Waals surface area (Å²) in [7, 11) is 0. The molecule has 0 spiro atoms. The standard InChI is InChI=1S/C46H52N2O4/c1-5-9-13-16-32-50-40-22-19-21-39(49-31-12-8-4)43(40)37-29-27-35-25-26-36-28-30-38(48-46(36)45(35)47-37)44-41(51-33-17-14-10-6-2)23-20-24-42(44)52-34-18-15-11-7-3/h5-8,19-30H,1-4,9-18,31-34H2. The van der Waals surface area contributed by atoms with E-state index in [4.69, 9.17) is 28.9 Å². The maximum atomic E-state index is 6.40. The van der Waals surface area contributed by atoms with E-state index in [2.05, 4.69) is 50.6 Å². The number of rotatable bonds is 24. The minimum atomic E-state index is 0.509. The Morgan fingerprint density at radius 1 is 0.404 bits per heavy atom. The van der Waals surface area contributed by atoms with Crippen molar-refractivity contribution in [3.8, 4) is 45.5 Å². The fourth-order valence-electron chi connectivity index (χ4n) is 6.03. The number of hydrogen-bond acceptors (Lipinski definition) is 6. The molecule has 0 aliphatic heterocycles. The summed E-state index contributed by atoms with van der Waals surface area (Å²) in [5.74, 6) is 2.97. The molecular weight excluding hydrogens is 645 g/mol. The van der Waals surface area contributed by atoms with Crippen molar-refractivity contribution in [2.45, 2.75) is 64.2 Å². The van der Waals surface area contributed by atoms with E-state index in [0.717, 1.165) is 132 Å². The Hall–Kier alpha value is -5.36. The summed E-state index contributed by atoms with van der Waals surface area (Å²) in [4.78, 5) is 10.6. The van der Waals surface area contributed by atoms with Crippen LogP contribution in [0, 0.1) is 0 Å². The molecule has 6 heteroatoms. The van der Waals surface area contributed by atoms with Crippen molar-refractivity contribution in [2.24, 2.45) is 0 Å². The SMILES string of the molecule is C=CCCCCOc1cccc(OCCC=C)c1-c1ccc2ccc3ccc(-c4c(OCCCCC=C)cccc4OCCCCC=C)nc3c2n1. The summed E-state index contributed by atoms with van der Waals surface area (Å²) in [5, 5.41) is 1.98. The van der Waals surface area contributed by atoms with Gasteiger partial charge >= 0.3 is 0 Å². The van der Waals surface area contributed by atoms with Crippen molar-refractivity contribution in [3.05, 3.63) is 123 Å². The van der Waals surface area contributed by atoms with Crippen molar-refractivity contribution in [2.75, 3.05) is 26.4 Å². The van der Waals surface area contributed by atoms with Crippen LogP contribution in [0.4, 0.5) is 0 Å². The topological polar surface area (TPSA) is 62.7 Å². The van der Waals surface area contributed by atoms with Crippen LogP contribution in [-0.4, -0.2) is 36.4 Å². The number of allylic oxidation sites excluding steroid dienone is 3. The summed E-state index contributed by atoms with van der Waals surface area (Å²) in [6.45, 7) is 17.7. The van der Waals surface area contributed by atoms with Crippen molar-refractivity contribution >= 4 is 21.8 Å². The first-order chi connectivity index (χ1) is 25.7. The molecule has 0 saturated carbocycles. The summed E-state index contributed by atoms with van der Waals surface area (Å²) in [6.07, 6.45) is 17.2. The second kappa shape index (κ2) is 20.5. The van der Waals surface area contributed by atoms with Gasteiger partial charge in [0.25, 0.3) is 0 Å². The summed E-state index contributed by atoms with van der Waals surface area (Å²) in [6, 6.07) is 24.4. The van der Waals surface area contributed by atoms with Crippen LogP contribution in [0.1, 0.15) is 64.2 Å². The highest BCUT2D eigenvalue weighted by atomic mass is 16.5. The highest BCUT2D eigenvalue weighted by molar-refractivity contribution is 6.04. The van der Waals surface area contributed by atoms with Crippen LogP contribution in [0.25, 0.3) is 44.3 Å². The normalized spacial score (nSPS) is 10.9. The molecule has 0 N–H and O–H groups in total. The Balaban J connectivity index is 1.58. The molecule has 5 aromatic rings. The van der Waals surface area contributed by atoms with Gasteiger partial charge in [-0.05, 0) is 101 Å². The van der Waals surface area contributed by atoms with Crippen LogP contribution in [0.2, 0.25) is 0 Å². The maximum absolute atomic E-state index is 6.40. The second-order valence-electron chi connectivity index (χ2n) is 12.7. The van der Waals surface area contributed by atoms with E-state index in [1.165, 1.54) is 0 Å². The van der Waals surface area contributed by atoms with E-state index in [9.17, 15) is 0 Å². The lowest BCUT2D eigenvalue weighted by atomic mass is 10.0. The first kappa shape index (κ1) is 37.9. The highest BCUT2D eigenvalue weighted by Gasteiger charge is 2.19. The molecule has 0 saturated heterocycles. The Labute approximate surface area is 309 Å². The van der Waals surface area contributed by atoms with Gasteiger partial charge < -0.3 is 18.9 Å². The van der Waals surface area contributed by atoms with Crippen LogP contribution in [-0.2, 0) is 0 Å². The second-order valence-corrected chi connectivity index (χ2v) is 12.7. The lowest BCUT2D eigenvalue weighted by molar-refractivity contribution is 0.294. The third kappa shape index (κ3) is 10.1. The zero-order chi connectivity index (χ0) is 36.4. The van der Waals surface area contributed by atoms with Crippen molar-refractivity contribution in [1.82, 2.24) is 9.97 Å². The van der Waals surface area contributed by atoms with E-state index in [1.54, 1.807) is 0 Å². The van der Waals surface area contributed by atoms with Gasteiger partial charge in [-0.3, -0.25) is 0 Å². The first-order valence-electron chi connectivity index (χ1n) is 18.6. The number of aromatic nitrogens is 2. The zero-order valence-electron chi connectivity index (χ0n) is 30.5.